The van der Waals surface area contributed by atoms with Gasteiger partial charge >= 0.3 is 0 Å². The van der Waals surface area contributed by atoms with Crippen LogP contribution in [-0.4, -0.2) is 22.1 Å². The van der Waals surface area contributed by atoms with E-state index in [1.807, 2.05) is 25.1 Å². The van der Waals surface area contributed by atoms with E-state index in [4.69, 9.17) is 11.6 Å². The molecule has 3 rings (SSSR count). The highest BCUT2D eigenvalue weighted by Gasteiger charge is 2.32. The molecule has 0 saturated carbocycles. The lowest BCUT2D eigenvalue weighted by Gasteiger charge is -2.13. The Kier molecular flexibility index (Phi) is 4.72. The second-order valence-corrected chi connectivity index (χ2v) is 7.16. The first-order valence-electron chi connectivity index (χ1n) is 8.31. The Labute approximate surface area is 153 Å². The van der Waals surface area contributed by atoms with Crippen molar-refractivity contribution in [3.05, 3.63) is 68.7 Å². The molecule has 0 spiro atoms. The van der Waals surface area contributed by atoms with Crippen LogP contribution in [0.3, 0.4) is 0 Å². The maximum Gasteiger partial charge on any atom is 0.116 e. The number of aliphatic hydroxyl groups excluding tert-OH is 1. The van der Waals surface area contributed by atoms with Gasteiger partial charge in [-0.15, -0.1) is 0 Å². The van der Waals surface area contributed by atoms with E-state index in [2.05, 4.69) is 38.1 Å². The van der Waals surface area contributed by atoms with Crippen molar-refractivity contribution in [1.82, 2.24) is 0 Å². The third kappa shape index (κ3) is 3.10. The first kappa shape index (κ1) is 17.7. The number of nitrogens with zero attached hydrogens (tertiary/aromatic N) is 1. The van der Waals surface area contributed by atoms with E-state index < -0.39 is 6.10 Å². The van der Waals surface area contributed by atoms with Gasteiger partial charge in [0.25, 0.3) is 0 Å². The number of aliphatic hydroxyl groups is 1. The minimum absolute atomic E-state index is 0.314. The van der Waals surface area contributed by atoms with Crippen LogP contribution in [0.5, 0.6) is 0 Å². The van der Waals surface area contributed by atoms with E-state index >= 15 is 0 Å². The first-order valence-corrected chi connectivity index (χ1v) is 8.69. The second kappa shape index (κ2) is 6.66. The summed E-state index contributed by atoms with van der Waals surface area (Å²) < 4.78 is 0. The predicted molar refractivity (Wildman–Crippen MR) is 104 cm³/mol. The average molecular weight is 356 g/mol. The summed E-state index contributed by atoms with van der Waals surface area (Å²) >= 11 is 6.30. The molecule has 1 unspecified atom stereocenters. The van der Waals surface area contributed by atoms with E-state index in [0.29, 0.717) is 17.2 Å². The SMILES string of the molecule is Cc1ccc(C2=C(c3cc(C)c(C)c(C)c3)/C(=N\O)C(O)C2)cc1Cl. The standard InChI is InChI=1S/C21H22ClNO2/c1-11-5-6-15(9-18(11)22)17-10-19(24)21(23-25)20(17)16-7-12(2)14(4)13(3)8-16/h5-9,19,24-25H,10H2,1-4H3/b23-21-. The number of benzene rings is 2. The lowest BCUT2D eigenvalue weighted by Crippen LogP contribution is -2.15. The van der Waals surface area contributed by atoms with Crippen molar-refractivity contribution in [1.29, 1.82) is 0 Å². The maximum absolute atomic E-state index is 10.4. The molecule has 2 aromatic carbocycles. The van der Waals surface area contributed by atoms with Crippen LogP contribution in [0.25, 0.3) is 11.1 Å². The van der Waals surface area contributed by atoms with Gasteiger partial charge in [0.05, 0.1) is 0 Å². The molecule has 0 heterocycles. The minimum Gasteiger partial charge on any atom is -0.411 e. The van der Waals surface area contributed by atoms with Crippen LogP contribution in [0.4, 0.5) is 0 Å². The largest absolute Gasteiger partial charge is 0.411 e. The van der Waals surface area contributed by atoms with E-state index in [0.717, 1.165) is 27.8 Å². The summed E-state index contributed by atoms with van der Waals surface area (Å²) in [7, 11) is 0. The van der Waals surface area contributed by atoms with E-state index in [9.17, 15) is 10.3 Å². The molecule has 1 aliphatic carbocycles. The minimum atomic E-state index is -0.822. The van der Waals surface area contributed by atoms with Crippen molar-refractivity contribution in [3.8, 4) is 0 Å². The normalized spacial score (nSPS) is 19.1. The Balaban J connectivity index is 2.27. The van der Waals surface area contributed by atoms with Crippen LogP contribution in [0, 0.1) is 27.7 Å². The highest BCUT2D eigenvalue weighted by atomic mass is 35.5. The van der Waals surface area contributed by atoms with Gasteiger partial charge in [-0.3, -0.25) is 0 Å². The van der Waals surface area contributed by atoms with Gasteiger partial charge in [-0.25, -0.2) is 0 Å². The second-order valence-electron chi connectivity index (χ2n) is 6.76. The molecule has 0 aliphatic heterocycles. The van der Waals surface area contributed by atoms with E-state index in [1.165, 1.54) is 16.7 Å². The van der Waals surface area contributed by atoms with Crippen molar-refractivity contribution < 1.29 is 10.3 Å². The summed E-state index contributed by atoms with van der Waals surface area (Å²) in [5, 5.41) is 24.0. The number of hydrogen-bond donors (Lipinski definition) is 2. The number of oxime groups is 1. The third-order valence-electron chi connectivity index (χ3n) is 5.11. The van der Waals surface area contributed by atoms with Gasteiger partial charge in [-0.05, 0) is 72.7 Å². The van der Waals surface area contributed by atoms with E-state index in [1.54, 1.807) is 0 Å². The third-order valence-corrected chi connectivity index (χ3v) is 5.52. The molecule has 130 valence electrons. The van der Waals surface area contributed by atoms with Gasteiger partial charge in [-0.1, -0.05) is 41.0 Å². The lowest BCUT2D eigenvalue weighted by atomic mass is 9.92. The number of halogens is 1. The summed E-state index contributed by atoms with van der Waals surface area (Å²) in [6.45, 7) is 8.18. The van der Waals surface area contributed by atoms with Crippen molar-refractivity contribution in [2.45, 2.75) is 40.2 Å². The molecule has 0 aromatic heterocycles. The van der Waals surface area contributed by atoms with Crippen molar-refractivity contribution in [2.24, 2.45) is 5.16 Å². The van der Waals surface area contributed by atoms with Gasteiger partial charge in [0.2, 0.25) is 0 Å². The smallest absolute Gasteiger partial charge is 0.116 e. The number of hydrogen-bond acceptors (Lipinski definition) is 3. The highest BCUT2D eigenvalue weighted by Crippen LogP contribution is 2.40. The lowest BCUT2D eigenvalue weighted by molar-refractivity contribution is 0.240. The van der Waals surface area contributed by atoms with E-state index in [-0.39, 0.29) is 0 Å². The molecule has 0 saturated heterocycles. The Morgan fingerprint density at radius 2 is 1.60 bits per heavy atom. The quantitative estimate of drug-likeness (QED) is 0.583. The molecule has 25 heavy (non-hydrogen) atoms. The van der Waals surface area contributed by atoms with Crippen LogP contribution in [-0.2, 0) is 0 Å². The van der Waals surface area contributed by atoms with Crippen LogP contribution in [0.2, 0.25) is 5.02 Å². The monoisotopic (exact) mass is 355 g/mol. The van der Waals surface area contributed by atoms with Crippen LogP contribution < -0.4 is 0 Å². The first-order chi connectivity index (χ1) is 11.8. The molecule has 4 heteroatoms. The summed E-state index contributed by atoms with van der Waals surface area (Å²) in [6.07, 6.45) is -0.419. The molecular formula is C21H22ClNO2. The fraction of sp³-hybridized carbons (Fsp3) is 0.286. The molecule has 0 radical (unpaired) electrons. The summed E-state index contributed by atoms with van der Waals surface area (Å²) in [6, 6.07) is 10.0. The Morgan fingerprint density at radius 1 is 0.960 bits per heavy atom. The zero-order chi connectivity index (χ0) is 18.3. The van der Waals surface area contributed by atoms with Gasteiger partial charge in [0.15, 0.2) is 0 Å². The molecule has 1 aliphatic rings. The summed E-state index contributed by atoms with van der Waals surface area (Å²) in [5.74, 6) is 0. The zero-order valence-electron chi connectivity index (χ0n) is 14.9. The number of aryl methyl sites for hydroxylation is 3. The highest BCUT2D eigenvalue weighted by molar-refractivity contribution is 6.36. The molecule has 3 nitrogen and oxygen atoms in total. The van der Waals surface area contributed by atoms with Crippen LogP contribution in [0.1, 0.15) is 39.8 Å². The van der Waals surface area contributed by atoms with Crippen molar-refractivity contribution in [3.63, 3.8) is 0 Å². The topological polar surface area (TPSA) is 52.8 Å². The van der Waals surface area contributed by atoms with Gasteiger partial charge in [0, 0.05) is 17.0 Å². The Bertz CT molecular complexity index is 889. The maximum atomic E-state index is 10.4. The molecule has 2 aromatic rings. The van der Waals surface area contributed by atoms with Crippen LogP contribution in [0.15, 0.2) is 35.5 Å². The van der Waals surface area contributed by atoms with Crippen molar-refractivity contribution >= 4 is 28.5 Å². The zero-order valence-corrected chi connectivity index (χ0v) is 15.6. The van der Waals surface area contributed by atoms with Crippen LogP contribution >= 0.6 is 11.6 Å². The molecule has 0 bridgehead atoms. The fourth-order valence-electron chi connectivity index (χ4n) is 3.37. The van der Waals surface area contributed by atoms with Gasteiger partial charge in [0.1, 0.15) is 11.8 Å². The number of rotatable bonds is 2. The molecular weight excluding hydrogens is 334 g/mol. The van der Waals surface area contributed by atoms with Gasteiger partial charge in [-0.2, -0.15) is 0 Å². The average Bonchev–Trinajstić information content (AvgIpc) is 2.91. The molecule has 0 fully saturated rings. The Morgan fingerprint density at radius 3 is 2.16 bits per heavy atom. The molecule has 0 amide bonds. The Hall–Kier alpha value is -2.10. The molecule has 1 atom stereocenters. The molecule has 2 N–H and O–H groups in total. The summed E-state index contributed by atoms with van der Waals surface area (Å²) in [5.41, 5.74) is 8.54. The van der Waals surface area contributed by atoms with Gasteiger partial charge < -0.3 is 10.3 Å². The predicted octanol–water partition coefficient (Wildman–Crippen LogP) is 5.08. The van der Waals surface area contributed by atoms with Crippen molar-refractivity contribution in [2.75, 3.05) is 0 Å². The summed E-state index contributed by atoms with van der Waals surface area (Å²) in [4.78, 5) is 0. The fourth-order valence-corrected chi connectivity index (χ4v) is 3.56.